The molecule has 1 atom stereocenters. The standard InChI is InChI=1S/C13H19BO4/c1-4-14(5-2)18-17-11(3)13(15)16-12-9-7-6-8-10-12/h6-11H,4-5H2,1-3H3. The van der Waals surface area contributed by atoms with Gasteiger partial charge in [0.1, 0.15) is 5.75 Å². The Labute approximate surface area is 108 Å². The molecule has 0 aliphatic carbocycles. The zero-order valence-corrected chi connectivity index (χ0v) is 11.1. The number of hydrogen-bond donors (Lipinski definition) is 0. The second-order valence-corrected chi connectivity index (χ2v) is 4.01. The maximum Gasteiger partial charge on any atom is 0.343 e. The highest BCUT2D eigenvalue weighted by atomic mass is 17.2. The van der Waals surface area contributed by atoms with Crippen molar-refractivity contribution >= 4 is 12.9 Å². The molecule has 1 rings (SSSR count). The summed E-state index contributed by atoms with van der Waals surface area (Å²) in [6.07, 6.45) is 0.944. The van der Waals surface area contributed by atoms with Crippen molar-refractivity contribution in [3.05, 3.63) is 30.3 Å². The molecule has 0 amide bonds. The quantitative estimate of drug-likeness (QED) is 0.245. The van der Waals surface area contributed by atoms with Crippen LogP contribution in [0, 0.1) is 0 Å². The third kappa shape index (κ3) is 4.90. The Bertz CT molecular complexity index is 351. The molecule has 98 valence electrons. The predicted octanol–water partition coefficient (Wildman–Crippen LogP) is 2.96. The summed E-state index contributed by atoms with van der Waals surface area (Å²) in [5.41, 5.74) is 0. The van der Waals surface area contributed by atoms with Gasteiger partial charge in [-0.15, -0.1) is 0 Å². The average Bonchev–Trinajstić information content (AvgIpc) is 2.40. The van der Waals surface area contributed by atoms with E-state index in [0.29, 0.717) is 5.75 Å². The van der Waals surface area contributed by atoms with Crippen LogP contribution in [0.4, 0.5) is 0 Å². The molecular formula is C13H19BO4. The summed E-state index contributed by atoms with van der Waals surface area (Å²) in [5, 5.41) is 0. The lowest BCUT2D eigenvalue weighted by atomic mass is 9.63. The summed E-state index contributed by atoms with van der Waals surface area (Å²) in [7, 11) is 0. The first kappa shape index (κ1) is 14.7. The van der Waals surface area contributed by atoms with Gasteiger partial charge >= 0.3 is 12.9 Å². The van der Waals surface area contributed by atoms with Crippen LogP contribution in [-0.4, -0.2) is 19.0 Å². The molecule has 5 heteroatoms. The second kappa shape index (κ2) is 7.90. The number of benzene rings is 1. The van der Waals surface area contributed by atoms with Gasteiger partial charge in [0.2, 0.25) is 0 Å². The van der Waals surface area contributed by atoms with E-state index >= 15 is 0 Å². The fourth-order valence-corrected chi connectivity index (χ4v) is 1.31. The van der Waals surface area contributed by atoms with Gasteiger partial charge in [-0.25, -0.2) is 9.68 Å². The van der Waals surface area contributed by atoms with Crippen LogP contribution in [0.2, 0.25) is 12.6 Å². The minimum absolute atomic E-state index is 0.0111. The summed E-state index contributed by atoms with van der Waals surface area (Å²) < 4.78 is 5.13. The zero-order valence-electron chi connectivity index (χ0n) is 11.1. The van der Waals surface area contributed by atoms with Gasteiger partial charge in [0.15, 0.2) is 6.10 Å². The third-order valence-corrected chi connectivity index (χ3v) is 2.54. The number of esters is 1. The van der Waals surface area contributed by atoms with Crippen molar-refractivity contribution in [3.8, 4) is 5.75 Å². The normalized spacial score (nSPS) is 11.9. The van der Waals surface area contributed by atoms with Crippen molar-refractivity contribution in [2.75, 3.05) is 0 Å². The molecule has 0 N–H and O–H groups in total. The van der Waals surface area contributed by atoms with Crippen LogP contribution in [0.15, 0.2) is 30.3 Å². The fourth-order valence-electron chi connectivity index (χ4n) is 1.31. The highest BCUT2D eigenvalue weighted by Crippen LogP contribution is 2.11. The molecule has 0 aliphatic heterocycles. The van der Waals surface area contributed by atoms with Gasteiger partial charge in [0, 0.05) is 0 Å². The molecule has 0 heterocycles. The van der Waals surface area contributed by atoms with Gasteiger partial charge < -0.3 is 9.54 Å². The molecule has 0 fully saturated rings. The van der Waals surface area contributed by atoms with E-state index in [9.17, 15) is 4.79 Å². The predicted molar refractivity (Wildman–Crippen MR) is 70.4 cm³/mol. The molecule has 0 radical (unpaired) electrons. The van der Waals surface area contributed by atoms with Crippen LogP contribution in [0.3, 0.4) is 0 Å². The van der Waals surface area contributed by atoms with Crippen LogP contribution in [0.1, 0.15) is 20.8 Å². The van der Waals surface area contributed by atoms with Crippen molar-refractivity contribution in [2.24, 2.45) is 0 Å². The van der Waals surface area contributed by atoms with E-state index in [0.717, 1.165) is 12.6 Å². The smallest absolute Gasteiger partial charge is 0.343 e. The lowest BCUT2D eigenvalue weighted by Crippen LogP contribution is -2.29. The summed E-state index contributed by atoms with van der Waals surface area (Å²) in [4.78, 5) is 21.9. The zero-order chi connectivity index (χ0) is 13.4. The highest BCUT2D eigenvalue weighted by molar-refractivity contribution is 6.51. The Hall–Kier alpha value is -1.33. The third-order valence-electron chi connectivity index (χ3n) is 2.54. The largest absolute Gasteiger partial charge is 0.425 e. The van der Waals surface area contributed by atoms with Gasteiger partial charge in [0.25, 0.3) is 0 Å². The van der Waals surface area contributed by atoms with E-state index < -0.39 is 12.1 Å². The molecule has 1 unspecified atom stereocenters. The Morgan fingerprint density at radius 2 is 1.83 bits per heavy atom. The van der Waals surface area contributed by atoms with Crippen molar-refractivity contribution in [3.63, 3.8) is 0 Å². The Kier molecular flexibility index (Phi) is 6.46. The summed E-state index contributed by atoms with van der Waals surface area (Å²) in [5.74, 6) is 0.0349. The molecule has 0 aromatic heterocycles. The molecular weight excluding hydrogens is 231 g/mol. The van der Waals surface area contributed by atoms with Crippen molar-refractivity contribution in [2.45, 2.75) is 39.5 Å². The first-order chi connectivity index (χ1) is 8.67. The lowest BCUT2D eigenvalue weighted by molar-refractivity contribution is -0.247. The molecule has 1 aromatic carbocycles. The lowest BCUT2D eigenvalue weighted by Gasteiger charge is -2.14. The molecule has 0 aliphatic rings. The maximum absolute atomic E-state index is 11.7. The van der Waals surface area contributed by atoms with Crippen molar-refractivity contribution in [1.82, 2.24) is 0 Å². The Morgan fingerprint density at radius 1 is 1.22 bits per heavy atom. The first-order valence-corrected chi connectivity index (χ1v) is 6.26. The van der Waals surface area contributed by atoms with Gasteiger partial charge in [-0.3, -0.25) is 0 Å². The van der Waals surface area contributed by atoms with Crippen LogP contribution >= 0.6 is 0 Å². The Morgan fingerprint density at radius 3 is 2.39 bits per heavy atom. The van der Waals surface area contributed by atoms with Gasteiger partial charge in [-0.05, 0) is 31.7 Å². The molecule has 4 nitrogen and oxygen atoms in total. The van der Waals surface area contributed by atoms with Gasteiger partial charge in [-0.2, -0.15) is 0 Å². The number of para-hydroxylation sites is 1. The van der Waals surface area contributed by atoms with Gasteiger partial charge in [0.05, 0.1) is 0 Å². The summed E-state index contributed by atoms with van der Waals surface area (Å²) in [6.45, 7) is 5.62. The van der Waals surface area contributed by atoms with Crippen LogP contribution in [0.25, 0.3) is 0 Å². The van der Waals surface area contributed by atoms with E-state index in [2.05, 4.69) is 0 Å². The number of carbonyl (C=O) groups excluding carboxylic acids is 1. The van der Waals surface area contributed by atoms with E-state index in [1.165, 1.54) is 0 Å². The monoisotopic (exact) mass is 250 g/mol. The number of carbonyl (C=O) groups is 1. The minimum Gasteiger partial charge on any atom is -0.425 e. The number of hydrogen-bond acceptors (Lipinski definition) is 4. The fraction of sp³-hybridized carbons (Fsp3) is 0.462. The van der Waals surface area contributed by atoms with E-state index in [4.69, 9.17) is 14.4 Å². The molecule has 0 spiro atoms. The molecule has 1 aromatic rings. The summed E-state index contributed by atoms with van der Waals surface area (Å²) >= 11 is 0. The average molecular weight is 250 g/mol. The van der Waals surface area contributed by atoms with E-state index in [1.54, 1.807) is 31.2 Å². The number of rotatable bonds is 7. The first-order valence-electron chi connectivity index (χ1n) is 6.26. The topological polar surface area (TPSA) is 44.8 Å². The molecule has 0 bridgehead atoms. The molecule has 0 saturated carbocycles. The summed E-state index contributed by atoms with van der Waals surface area (Å²) in [6, 6.07) is 8.88. The Balaban J connectivity index is 2.37. The maximum atomic E-state index is 11.7. The van der Waals surface area contributed by atoms with E-state index in [-0.39, 0.29) is 6.92 Å². The van der Waals surface area contributed by atoms with Crippen molar-refractivity contribution in [1.29, 1.82) is 0 Å². The van der Waals surface area contributed by atoms with Crippen molar-refractivity contribution < 1.29 is 19.2 Å². The van der Waals surface area contributed by atoms with Gasteiger partial charge in [-0.1, -0.05) is 32.0 Å². The highest BCUT2D eigenvalue weighted by Gasteiger charge is 2.20. The minimum atomic E-state index is -0.745. The van der Waals surface area contributed by atoms with E-state index in [1.807, 2.05) is 19.9 Å². The SMILES string of the molecule is CCB(CC)OOC(C)C(=O)Oc1ccccc1. The molecule has 0 saturated heterocycles. The van der Waals surface area contributed by atoms with Crippen LogP contribution in [-0.2, 0) is 14.5 Å². The molecule has 18 heavy (non-hydrogen) atoms. The van der Waals surface area contributed by atoms with Crippen LogP contribution in [0.5, 0.6) is 5.75 Å². The second-order valence-electron chi connectivity index (χ2n) is 4.01. The van der Waals surface area contributed by atoms with Crippen LogP contribution < -0.4 is 4.74 Å². The number of ether oxygens (including phenoxy) is 1.